The van der Waals surface area contributed by atoms with Crippen molar-refractivity contribution >= 4 is 5.97 Å². The summed E-state index contributed by atoms with van der Waals surface area (Å²) in [6.45, 7) is 0. The summed E-state index contributed by atoms with van der Waals surface area (Å²) in [7, 11) is 1.61. The number of hydrogen-bond donors (Lipinski definition) is 2. The molecule has 1 aromatic rings. The van der Waals surface area contributed by atoms with Gasteiger partial charge in [-0.2, -0.15) is 0 Å². The van der Waals surface area contributed by atoms with E-state index >= 15 is 0 Å². The minimum Gasteiger partial charge on any atom is -0.479 e. The van der Waals surface area contributed by atoms with Crippen molar-refractivity contribution in [1.29, 1.82) is 0 Å². The Morgan fingerprint density at radius 3 is 2.56 bits per heavy atom. The Labute approximate surface area is 93.5 Å². The largest absolute Gasteiger partial charge is 0.479 e. The number of hydrogen-bond acceptors (Lipinski definition) is 3. The Kier molecular flexibility index (Phi) is 2.69. The van der Waals surface area contributed by atoms with Crippen molar-refractivity contribution in [3.8, 4) is 0 Å². The molecule has 4 nitrogen and oxygen atoms in total. The first-order valence-corrected chi connectivity index (χ1v) is 5.16. The summed E-state index contributed by atoms with van der Waals surface area (Å²) in [5.41, 5.74) is 0.828. The van der Waals surface area contributed by atoms with Crippen LogP contribution in [0.2, 0.25) is 0 Å². The second kappa shape index (κ2) is 3.88. The maximum Gasteiger partial charge on any atom is 0.337 e. The fraction of sp³-hybridized carbons (Fsp3) is 0.417. The third kappa shape index (κ3) is 1.70. The SMILES string of the molecule is COC1(c2ccccc2C(O)C(=O)O)CC1. The lowest BCUT2D eigenvalue weighted by Crippen LogP contribution is -2.18. The van der Waals surface area contributed by atoms with Gasteiger partial charge in [-0.05, 0) is 24.0 Å². The summed E-state index contributed by atoms with van der Waals surface area (Å²) in [4.78, 5) is 10.8. The summed E-state index contributed by atoms with van der Waals surface area (Å²) < 4.78 is 5.40. The summed E-state index contributed by atoms with van der Waals surface area (Å²) in [6, 6.07) is 6.99. The molecule has 0 aliphatic heterocycles. The van der Waals surface area contributed by atoms with Crippen LogP contribution in [0.1, 0.15) is 30.1 Å². The molecule has 1 fully saturated rings. The van der Waals surface area contributed by atoms with Crippen LogP contribution in [0, 0.1) is 0 Å². The van der Waals surface area contributed by atoms with E-state index in [0.717, 1.165) is 18.4 Å². The Balaban J connectivity index is 2.42. The predicted molar refractivity (Wildman–Crippen MR) is 57.0 cm³/mol. The molecule has 16 heavy (non-hydrogen) atoms. The van der Waals surface area contributed by atoms with Crippen molar-refractivity contribution in [2.45, 2.75) is 24.5 Å². The number of ether oxygens (including phenoxy) is 1. The molecule has 2 rings (SSSR count). The van der Waals surface area contributed by atoms with Gasteiger partial charge in [0.1, 0.15) is 0 Å². The van der Waals surface area contributed by atoms with Crippen molar-refractivity contribution < 1.29 is 19.7 Å². The van der Waals surface area contributed by atoms with Gasteiger partial charge in [0.25, 0.3) is 0 Å². The van der Waals surface area contributed by atoms with E-state index in [0.29, 0.717) is 5.56 Å². The average Bonchev–Trinajstić information content (AvgIpc) is 3.09. The van der Waals surface area contributed by atoms with Gasteiger partial charge in [-0.3, -0.25) is 0 Å². The number of methoxy groups -OCH3 is 1. The molecular formula is C12H14O4. The zero-order chi connectivity index (χ0) is 11.8. The number of rotatable bonds is 4. The fourth-order valence-corrected chi connectivity index (χ4v) is 1.98. The number of aliphatic hydroxyl groups excluding tert-OH is 1. The van der Waals surface area contributed by atoms with Crippen LogP contribution in [0.25, 0.3) is 0 Å². The number of aliphatic hydroxyl groups is 1. The Morgan fingerprint density at radius 1 is 1.44 bits per heavy atom. The summed E-state index contributed by atoms with van der Waals surface area (Å²) in [6.07, 6.45) is 0.253. The summed E-state index contributed by atoms with van der Waals surface area (Å²) >= 11 is 0. The van der Waals surface area contributed by atoms with Gasteiger partial charge >= 0.3 is 5.97 Å². The van der Waals surface area contributed by atoms with Gasteiger partial charge in [0.2, 0.25) is 0 Å². The minimum atomic E-state index is -1.48. The first kappa shape index (κ1) is 11.1. The van der Waals surface area contributed by atoms with Gasteiger partial charge in [0, 0.05) is 7.11 Å². The van der Waals surface area contributed by atoms with Crippen molar-refractivity contribution in [2.24, 2.45) is 0 Å². The molecule has 1 unspecified atom stereocenters. The fourth-order valence-electron chi connectivity index (χ4n) is 1.98. The molecule has 1 atom stereocenters. The third-order valence-corrected chi connectivity index (χ3v) is 3.08. The highest BCUT2D eigenvalue weighted by Crippen LogP contribution is 2.50. The monoisotopic (exact) mass is 222 g/mol. The maximum absolute atomic E-state index is 10.8. The Bertz CT molecular complexity index is 409. The molecule has 0 heterocycles. The standard InChI is InChI=1S/C12H14O4/c1-16-12(6-7-12)9-5-3-2-4-8(9)10(13)11(14)15/h2-5,10,13H,6-7H2,1H3,(H,14,15). The van der Waals surface area contributed by atoms with Crippen molar-refractivity contribution in [2.75, 3.05) is 7.11 Å². The van der Waals surface area contributed by atoms with E-state index in [1.165, 1.54) is 0 Å². The van der Waals surface area contributed by atoms with Crippen LogP contribution < -0.4 is 0 Å². The Hall–Kier alpha value is -1.39. The highest BCUT2D eigenvalue weighted by molar-refractivity contribution is 5.74. The van der Waals surface area contributed by atoms with E-state index in [-0.39, 0.29) is 5.60 Å². The zero-order valence-corrected chi connectivity index (χ0v) is 9.01. The quantitative estimate of drug-likeness (QED) is 0.809. The van der Waals surface area contributed by atoms with E-state index in [9.17, 15) is 9.90 Å². The molecule has 1 saturated carbocycles. The third-order valence-electron chi connectivity index (χ3n) is 3.08. The van der Waals surface area contributed by atoms with E-state index in [1.807, 2.05) is 12.1 Å². The van der Waals surface area contributed by atoms with E-state index in [4.69, 9.17) is 9.84 Å². The van der Waals surface area contributed by atoms with Gasteiger partial charge in [-0.15, -0.1) is 0 Å². The second-order valence-electron chi connectivity index (χ2n) is 4.03. The van der Waals surface area contributed by atoms with Crippen LogP contribution in [-0.2, 0) is 15.1 Å². The zero-order valence-electron chi connectivity index (χ0n) is 9.01. The van der Waals surface area contributed by atoms with Crippen LogP contribution in [0.3, 0.4) is 0 Å². The van der Waals surface area contributed by atoms with Crippen LogP contribution in [-0.4, -0.2) is 23.3 Å². The molecule has 2 N–H and O–H groups in total. The van der Waals surface area contributed by atoms with Gasteiger partial charge in [0.05, 0.1) is 5.60 Å². The lowest BCUT2D eigenvalue weighted by atomic mass is 9.96. The van der Waals surface area contributed by atoms with Crippen LogP contribution in [0.5, 0.6) is 0 Å². The van der Waals surface area contributed by atoms with Crippen molar-refractivity contribution in [3.05, 3.63) is 35.4 Å². The summed E-state index contributed by atoms with van der Waals surface area (Å²) in [5.74, 6) is -1.24. The molecule has 0 amide bonds. The summed E-state index contributed by atoms with van der Waals surface area (Å²) in [5, 5.41) is 18.4. The molecule has 0 saturated heterocycles. The lowest BCUT2D eigenvalue weighted by Gasteiger charge is -2.19. The minimum absolute atomic E-state index is 0.382. The first-order chi connectivity index (χ1) is 7.60. The highest BCUT2D eigenvalue weighted by atomic mass is 16.5. The number of aliphatic carboxylic acids is 1. The first-order valence-electron chi connectivity index (χ1n) is 5.16. The topological polar surface area (TPSA) is 66.8 Å². The predicted octanol–water partition coefficient (Wildman–Crippen LogP) is 1.44. The molecule has 0 radical (unpaired) electrons. The smallest absolute Gasteiger partial charge is 0.337 e. The normalized spacial score (nSPS) is 19.1. The van der Waals surface area contributed by atoms with Crippen LogP contribution in [0.4, 0.5) is 0 Å². The average molecular weight is 222 g/mol. The number of benzene rings is 1. The molecule has 1 aliphatic carbocycles. The molecule has 0 spiro atoms. The Morgan fingerprint density at radius 2 is 2.06 bits per heavy atom. The molecule has 1 aromatic carbocycles. The number of carbonyl (C=O) groups is 1. The van der Waals surface area contributed by atoms with Gasteiger partial charge in [0.15, 0.2) is 6.10 Å². The number of carboxylic acids is 1. The van der Waals surface area contributed by atoms with E-state index < -0.39 is 12.1 Å². The molecule has 4 heteroatoms. The molecule has 0 bridgehead atoms. The molecule has 86 valence electrons. The number of carboxylic acid groups (broad SMARTS) is 1. The van der Waals surface area contributed by atoms with Gasteiger partial charge in [-0.1, -0.05) is 24.3 Å². The van der Waals surface area contributed by atoms with E-state index in [1.54, 1.807) is 19.2 Å². The van der Waals surface area contributed by atoms with Gasteiger partial charge < -0.3 is 14.9 Å². The maximum atomic E-state index is 10.8. The van der Waals surface area contributed by atoms with Crippen LogP contribution >= 0.6 is 0 Å². The molecule has 0 aromatic heterocycles. The van der Waals surface area contributed by atoms with Crippen molar-refractivity contribution in [3.63, 3.8) is 0 Å². The van der Waals surface area contributed by atoms with Crippen molar-refractivity contribution in [1.82, 2.24) is 0 Å². The molecule has 1 aliphatic rings. The van der Waals surface area contributed by atoms with Crippen LogP contribution in [0.15, 0.2) is 24.3 Å². The highest BCUT2D eigenvalue weighted by Gasteiger charge is 2.46. The second-order valence-corrected chi connectivity index (χ2v) is 4.03. The van der Waals surface area contributed by atoms with E-state index in [2.05, 4.69) is 0 Å². The lowest BCUT2D eigenvalue weighted by molar-refractivity contribution is -0.147. The van der Waals surface area contributed by atoms with Gasteiger partial charge in [-0.25, -0.2) is 4.79 Å². The molecular weight excluding hydrogens is 208 g/mol.